The Labute approximate surface area is 104 Å². The van der Waals surface area contributed by atoms with Gasteiger partial charge in [0.25, 0.3) is 5.91 Å². The first-order valence-electron chi connectivity index (χ1n) is 5.92. The van der Waals surface area contributed by atoms with Gasteiger partial charge in [0.1, 0.15) is 0 Å². The van der Waals surface area contributed by atoms with Gasteiger partial charge in [-0.1, -0.05) is 11.2 Å². The summed E-state index contributed by atoms with van der Waals surface area (Å²) in [5.41, 5.74) is 3.14. The molecule has 3 rings (SSSR count). The first-order chi connectivity index (χ1) is 8.83. The van der Waals surface area contributed by atoms with Crippen LogP contribution in [0.2, 0.25) is 0 Å². The number of amides is 1. The largest absolute Gasteiger partial charge is 0.385 e. The molecule has 0 fully saturated rings. The molecule has 2 heterocycles. The zero-order valence-corrected chi connectivity index (χ0v) is 9.77. The normalized spacial score (nSPS) is 13.6. The molecule has 18 heavy (non-hydrogen) atoms. The second-order valence-corrected chi connectivity index (χ2v) is 4.23. The number of carbonyl (C=O) groups is 1. The zero-order valence-electron chi connectivity index (χ0n) is 9.77. The number of benzene rings is 1. The van der Waals surface area contributed by atoms with E-state index < -0.39 is 0 Å². The monoisotopic (exact) mass is 243 g/mol. The van der Waals surface area contributed by atoms with Crippen molar-refractivity contribution < 1.29 is 9.32 Å². The summed E-state index contributed by atoms with van der Waals surface area (Å²) in [6.45, 7) is 0.979. The highest BCUT2D eigenvalue weighted by molar-refractivity contribution is 6.02. The van der Waals surface area contributed by atoms with E-state index in [2.05, 4.69) is 15.8 Å². The summed E-state index contributed by atoms with van der Waals surface area (Å²) in [6, 6.07) is 7.42. The van der Waals surface area contributed by atoms with Crippen LogP contribution in [-0.4, -0.2) is 17.6 Å². The highest BCUT2D eigenvalue weighted by Gasteiger charge is 2.12. The molecule has 1 aromatic carbocycles. The van der Waals surface area contributed by atoms with Crippen LogP contribution in [0.15, 0.2) is 35.0 Å². The molecule has 0 atom stereocenters. The number of rotatable bonds is 2. The minimum atomic E-state index is -0.289. The van der Waals surface area contributed by atoms with E-state index in [1.807, 2.05) is 18.2 Å². The molecule has 1 aromatic heterocycles. The Morgan fingerprint density at radius 2 is 2.33 bits per heavy atom. The predicted molar refractivity (Wildman–Crippen MR) is 67.7 cm³/mol. The maximum absolute atomic E-state index is 11.8. The van der Waals surface area contributed by atoms with Crippen LogP contribution in [0.3, 0.4) is 0 Å². The van der Waals surface area contributed by atoms with Crippen LogP contribution in [0, 0.1) is 0 Å². The predicted octanol–water partition coefficient (Wildman–Crippen LogP) is 2.29. The first kappa shape index (κ1) is 10.8. The molecule has 92 valence electrons. The summed E-state index contributed by atoms with van der Waals surface area (Å²) in [6.07, 6.45) is 3.68. The number of nitrogens with one attached hydrogen (secondary N) is 2. The topological polar surface area (TPSA) is 67.2 Å². The van der Waals surface area contributed by atoms with Gasteiger partial charge in [-0.15, -0.1) is 0 Å². The molecule has 1 aliphatic rings. The molecule has 0 saturated carbocycles. The highest BCUT2D eigenvalue weighted by Crippen LogP contribution is 2.25. The number of fused-ring (bicyclic) bond motifs is 1. The fourth-order valence-electron chi connectivity index (χ4n) is 2.06. The molecule has 1 aliphatic heterocycles. The average molecular weight is 243 g/mol. The number of aryl methyl sites for hydroxylation is 1. The average Bonchev–Trinajstić information content (AvgIpc) is 2.92. The Balaban J connectivity index is 1.79. The van der Waals surface area contributed by atoms with Crippen molar-refractivity contribution in [1.82, 2.24) is 5.16 Å². The molecular formula is C13H13N3O2. The number of nitrogens with zero attached hydrogens (tertiary/aromatic N) is 1. The van der Waals surface area contributed by atoms with E-state index in [1.54, 1.807) is 0 Å². The number of anilines is 2. The lowest BCUT2D eigenvalue weighted by atomic mass is 10.0. The summed E-state index contributed by atoms with van der Waals surface area (Å²) >= 11 is 0. The lowest BCUT2D eigenvalue weighted by Gasteiger charge is -2.18. The van der Waals surface area contributed by atoms with Gasteiger partial charge in [-0.05, 0) is 30.5 Å². The lowest BCUT2D eigenvalue weighted by Crippen LogP contribution is -2.14. The van der Waals surface area contributed by atoms with Gasteiger partial charge in [-0.3, -0.25) is 4.79 Å². The van der Waals surface area contributed by atoms with E-state index >= 15 is 0 Å². The van der Waals surface area contributed by atoms with Crippen molar-refractivity contribution in [3.05, 3.63) is 41.8 Å². The lowest BCUT2D eigenvalue weighted by molar-refractivity contribution is 0.0988. The van der Waals surface area contributed by atoms with Crippen LogP contribution in [0.25, 0.3) is 0 Å². The second-order valence-electron chi connectivity index (χ2n) is 4.23. The Morgan fingerprint density at radius 3 is 3.17 bits per heavy atom. The maximum atomic E-state index is 11.8. The van der Waals surface area contributed by atoms with Crippen molar-refractivity contribution >= 4 is 17.3 Å². The minimum absolute atomic E-state index is 0.209. The molecule has 0 saturated heterocycles. The van der Waals surface area contributed by atoms with Crippen LogP contribution in [-0.2, 0) is 6.42 Å². The van der Waals surface area contributed by atoms with Gasteiger partial charge in [0.2, 0.25) is 5.76 Å². The van der Waals surface area contributed by atoms with Gasteiger partial charge < -0.3 is 15.2 Å². The quantitative estimate of drug-likeness (QED) is 0.849. The van der Waals surface area contributed by atoms with Gasteiger partial charge in [-0.2, -0.15) is 0 Å². The minimum Gasteiger partial charge on any atom is -0.385 e. The van der Waals surface area contributed by atoms with Crippen molar-refractivity contribution in [1.29, 1.82) is 0 Å². The molecule has 1 amide bonds. The van der Waals surface area contributed by atoms with Gasteiger partial charge in [0.05, 0.1) is 6.20 Å². The van der Waals surface area contributed by atoms with E-state index in [0.29, 0.717) is 0 Å². The highest BCUT2D eigenvalue weighted by atomic mass is 16.5. The summed E-state index contributed by atoms with van der Waals surface area (Å²) in [4.78, 5) is 11.8. The van der Waals surface area contributed by atoms with Gasteiger partial charge in [-0.25, -0.2) is 0 Å². The molecule has 0 spiro atoms. The van der Waals surface area contributed by atoms with Crippen LogP contribution >= 0.6 is 0 Å². The van der Waals surface area contributed by atoms with Crippen molar-refractivity contribution in [2.45, 2.75) is 12.8 Å². The van der Waals surface area contributed by atoms with Crippen LogP contribution in [0.1, 0.15) is 22.5 Å². The molecule has 0 bridgehead atoms. The van der Waals surface area contributed by atoms with Crippen LogP contribution < -0.4 is 10.6 Å². The van der Waals surface area contributed by atoms with E-state index in [1.165, 1.54) is 17.8 Å². The van der Waals surface area contributed by atoms with E-state index in [4.69, 9.17) is 4.52 Å². The fraction of sp³-hybridized carbons (Fsp3) is 0.231. The van der Waals surface area contributed by atoms with Gasteiger partial charge >= 0.3 is 0 Å². The van der Waals surface area contributed by atoms with Crippen molar-refractivity contribution in [2.75, 3.05) is 17.2 Å². The van der Waals surface area contributed by atoms with Crippen molar-refractivity contribution in [3.8, 4) is 0 Å². The molecule has 5 nitrogen and oxygen atoms in total. The third-order valence-corrected chi connectivity index (χ3v) is 2.97. The van der Waals surface area contributed by atoms with Crippen molar-refractivity contribution in [3.63, 3.8) is 0 Å². The molecule has 5 heteroatoms. The smallest absolute Gasteiger partial charge is 0.294 e. The summed E-state index contributed by atoms with van der Waals surface area (Å²) < 4.78 is 4.80. The Morgan fingerprint density at radius 1 is 1.39 bits per heavy atom. The van der Waals surface area contributed by atoms with Crippen molar-refractivity contribution in [2.24, 2.45) is 0 Å². The molecule has 2 aromatic rings. The number of hydrogen-bond donors (Lipinski definition) is 2. The summed E-state index contributed by atoms with van der Waals surface area (Å²) in [5, 5.41) is 9.61. The van der Waals surface area contributed by atoms with Gasteiger partial charge in [0, 0.05) is 24.0 Å². The van der Waals surface area contributed by atoms with Gasteiger partial charge in [0.15, 0.2) is 0 Å². The number of carbonyl (C=O) groups excluding carboxylic acids is 1. The number of aromatic nitrogens is 1. The Bertz CT molecular complexity index is 564. The zero-order chi connectivity index (χ0) is 12.4. The molecule has 0 radical (unpaired) electrons. The molecule has 2 N–H and O–H groups in total. The first-order valence-corrected chi connectivity index (χ1v) is 5.92. The Hall–Kier alpha value is -2.30. The van der Waals surface area contributed by atoms with E-state index in [0.717, 1.165) is 30.8 Å². The number of hydrogen-bond acceptors (Lipinski definition) is 4. The third-order valence-electron chi connectivity index (χ3n) is 2.97. The van der Waals surface area contributed by atoms with E-state index in [-0.39, 0.29) is 11.7 Å². The fourth-order valence-corrected chi connectivity index (χ4v) is 2.06. The second kappa shape index (κ2) is 4.52. The molecule has 0 aliphatic carbocycles. The van der Waals surface area contributed by atoms with Crippen LogP contribution in [0.4, 0.5) is 11.4 Å². The standard InChI is InChI=1S/C13H13N3O2/c17-13(12-5-7-15-18-12)16-10-4-3-9-2-1-6-14-11(9)8-10/h3-5,7-8,14H,1-2,6H2,(H,16,17). The molecular weight excluding hydrogens is 230 g/mol. The maximum Gasteiger partial charge on any atom is 0.294 e. The van der Waals surface area contributed by atoms with Crippen LogP contribution in [0.5, 0.6) is 0 Å². The third kappa shape index (κ3) is 2.07. The summed E-state index contributed by atoms with van der Waals surface area (Å²) in [7, 11) is 0. The van der Waals surface area contributed by atoms with E-state index in [9.17, 15) is 4.79 Å². The summed E-state index contributed by atoms with van der Waals surface area (Å²) in [5.74, 6) is -0.0797. The SMILES string of the molecule is O=C(Nc1ccc2c(c1)NCCC2)c1ccno1. The Kier molecular flexibility index (Phi) is 2.72. The molecule has 0 unspecified atom stereocenters.